The molecular weight excluding hydrogens is 549 g/mol. The Bertz CT molecular complexity index is 469. The zero-order valence-electron chi connectivity index (χ0n) is 12.8. The lowest BCUT2D eigenvalue weighted by Gasteiger charge is -2.36. The monoisotopic (exact) mass is 572 g/mol. The Hall–Kier alpha value is 0.980. The minimum absolute atomic E-state index is 0. The molecule has 1 aliphatic rings. The summed E-state index contributed by atoms with van der Waals surface area (Å²) in [4.78, 5) is 2.51. The van der Waals surface area contributed by atoms with Crippen LogP contribution in [0.5, 0.6) is 5.75 Å². The molecule has 0 radical (unpaired) electrons. The van der Waals surface area contributed by atoms with Crippen molar-refractivity contribution < 1.29 is 5.11 Å². The average Bonchev–Trinajstić information content (AvgIpc) is 2.41. The summed E-state index contributed by atoms with van der Waals surface area (Å²) in [6.45, 7) is 8.70. The summed E-state index contributed by atoms with van der Waals surface area (Å²) in [5.41, 5.74) is 1.09. The van der Waals surface area contributed by atoms with Gasteiger partial charge < -0.3 is 10.4 Å². The highest BCUT2D eigenvalue weighted by molar-refractivity contribution is 14.1. The minimum Gasteiger partial charge on any atom is -0.506 e. The first kappa shape index (κ1) is 23.0. The fraction of sp³-hybridized carbons (Fsp3) is 0.600. The molecule has 1 saturated heterocycles. The maximum atomic E-state index is 10.5. The number of aromatic hydroxyl groups is 1. The van der Waals surface area contributed by atoms with Gasteiger partial charge in [-0.3, -0.25) is 4.90 Å². The number of phenols is 1. The lowest BCUT2D eigenvalue weighted by atomic mass is 9.94. The van der Waals surface area contributed by atoms with Crippen LogP contribution in [-0.4, -0.2) is 36.2 Å². The molecule has 2 rings (SSSR count). The van der Waals surface area contributed by atoms with E-state index in [9.17, 15) is 5.11 Å². The van der Waals surface area contributed by atoms with E-state index in [0.29, 0.717) is 17.7 Å². The van der Waals surface area contributed by atoms with E-state index in [4.69, 9.17) is 0 Å². The number of piperazine rings is 1. The fourth-order valence-corrected chi connectivity index (χ4v) is 4.64. The van der Waals surface area contributed by atoms with Crippen molar-refractivity contribution in [1.82, 2.24) is 10.2 Å². The van der Waals surface area contributed by atoms with Crippen molar-refractivity contribution in [2.45, 2.75) is 26.3 Å². The summed E-state index contributed by atoms with van der Waals surface area (Å²) in [7, 11) is 0. The molecule has 128 valence electrons. The van der Waals surface area contributed by atoms with Gasteiger partial charge in [-0.1, -0.05) is 13.8 Å². The van der Waals surface area contributed by atoms with Crippen molar-refractivity contribution in [3.8, 4) is 5.75 Å². The molecule has 1 aromatic rings. The van der Waals surface area contributed by atoms with Gasteiger partial charge in [0.15, 0.2) is 0 Å². The summed E-state index contributed by atoms with van der Waals surface area (Å²) in [5.74, 6) is 1.08. The van der Waals surface area contributed by atoms with Crippen LogP contribution in [0.3, 0.4) is 0 Å². The van der Waals surface area contributed by atoms with Crippen LogP contribution in [0.15, 0.2) is 12.1 Å². The van der Waals surface area contributed by atoms with Crippen LogP contribution in [0, 0.1) is 13.1 Å². The SMILES string of the molecule is CC(C)C[C@@H](c1cc(I)cc(I)c1O)N1CCNCC1.Cl.Cl. The van der Waals surface area contributed by atoms with Gasteiger partial charge in [0.2, 0.25) is 0 Å². The van der Waals surface area contributed by atoms with Crippen LogP contribution in [-0.2, 0) is 0 Å². The van der Waals surface area contributed by atoms with E-state index in [1.807, 2.05) is 6.07 Å². The Morgan fingerprint density at radius 3 is 2.32 bits per heavy atom. The van der Waals surface area contributed by atoms with E-state index in [1.54, 1.807) is 0 Å². The minimum atomic E-state index is 0. The lowest BCUT2D eigenvalue weighted by Crippen LogP contribution is -2.45. The van der Waals surface area contributed by atoms with Crippen LogP contribution in [0.25, 0.3) is 0 Å². The first-order valence-corrected chi connectivity index (χ1v) is 9.27. The molecule has 1 aromatic carbocycles. The summed E-state index contributed by atoms with van der Waals surface area (Å²) in [5, 5.41) is 13.9. The molecule has 7 heteroatoms. The van der Waals surface area contributed by atoms with Crippen molar-refractivity contribution in [2.75, 3.05) is 26.2 Å². The van der Waals surface area contributed by atoms with Crippen molar-refractivity contribution in [3.05, 3.63) is 24.8 Å². The smallest absolute Gasteiger partial charge is 0.133 e. The highest BCUT2D eigenvalue weighted by atomic mass is 127. The normalized spacial score (nSPS) is 16.8. The lowest BCUT2D eigenvalue weighted by molar-refractivity contribution is 0.151. The average molecular weight is 573 g/mol. The number of hydrogen-bond donors (Lipinski definition) is 2. The molecule has 2 N–H and O–H groups in total. The number of nitrogens with zero attached hydrogens (tertiary/aromatic N) is 1. The summed E-state index contributed by atoms with van der Waals surface area (Å²) >= 11 is 4.57. The standard InChI is InChI=1S/C15H22I2N2O.2ClH/c1-10(2)7-14(19-5-3-18-4-6-19)12-8-11(16)9-13(17)15(12)20;;/h8-10,14,18,20H,3-7H2,1-2H3;2*1H/t14-;;/m0../s1. The largest absolute Gasteiger partial charge is 0.506 e. The third-order valence-electron chi connectivity index (χ3n) is 3.70. The van der Waals surface area contributed by atoms with Crippen molar-refractivity contribution in [3.63, 3.8) is 0 Å². The van der Waals surface area contributed by atoms with Gasteiger partial charge >= 0.3 is 0 Å². The van der Waals surface area contributed by atoms with Crippen LogP contribution in [0.1, 0.15) is 31.9 Å². The molecule has 0 aliphatic carbocycles. The number of phenolic OH excluding ortho intramolecular Hbond substituents is 1. The number of halogens is 4. The molecule has 22 heavy (non-hydrogen) atoms. The van der Waals surface area contributed by atoms with E-state index in [-0.39, 0.29) is 24.8 Å². The molecule has 1 atom stereocenters. The molecule has 1 fully saturated rings. The fourth-order valence-electron chi connectivity index (χ4n) is 2.75. The molecule has 0 unspecified atom stereocenters. The van der Waals surface area contributed by atoms with Crippen molar-refractivity contribution in [1.29, 1.82) is 0 Å². The van der Waals surface area contributed by atoms with Crippen LogP contribution in [0.4, 0.5) is 0 Å². The molecular formula is C15H24Cl2I2N2O. The van der Waals surface area contributed by atoms with E-state index < -0.39 is 0 Å². The number of benzene rings is 1. The second kappa shape index (κ2) is 10.8. The molecule has 3 nitrogen and oxygen atoms in total. The van der Waals surface area contributed by atoms with Gasteiger partial charge in [0.05, 0.1) is 3.57 Å². The first-order valence-electron chi connectivity index (χ1n) is 7.11. The van der Waals surface area contributed by atoms with Gasteiger partial charge in [-0.2, -0.15) is 0 Å². The first-order chi connectivity index (χ1) is 9.49. The zero-order chi connectivity index (χ0) is 14.7. The van der Waals surface area contributed by atoms with Crippen LogP contribution < -0.4 is 5.32 Å². The molecule has 0 bridgehead atoms. The molecule has 1 aliphatic heterocycles. The van der Waals surface area contributed by atoms with E-state index in [1.165, 1.54) is 3.57 Å². The number of rotatable bonds is 4. The van der Waals surface area contributed by atoms with E-state index in [0.717, 1.165) is 41.7 Å². The molecule has 0 amide bonds. The Morgan fingerprint density at radius 1 is 1.18 bits per heavy atom. The van der Waals surface area contributed by atoms with Gasteiger partial charge in [-0.05, 0) is 69.7 Å². The quantitative estimate of drug-likeness (QED) is 0.524. The van der Waals surface area contributed by atoms with Gasteiger partial charge in [-0.25, -0.2) is 0 Å². The summed E-state index contributed by atoms with van der Waals surface area (Å²) < 4.78 is 2.15. The predicted octanol–water partition coefficient (Wildman–Crippen LogP) is 4.44. The summed E-state index contributed by atoms with van der Waals surface area (Å²) in [6, 6.07) is 4.50. The van der Waals surface area contributed by atoms with Crippen LogP contribution in [0.2, 0.25) is 0 Å². The third-order valence-corrected chi connectivity index (χ3v) is 5.15. The Kier molecular flexibility index (Phi) is 11.2. The third kappa shape index (κ3) is 6.12. The van der Waals surface area contributed by atoms with Crippen LogP contribution >= 0.6 is 70.0 Å². The Labute approximate surface area is 173 Å². The maximum absolute atomic E-state index is 10.5. The van der Waals surface area contributed by atoms with Gasteiger partial charge in [0.1, 0.15) is 5.75 Å². The highest BCUT2D eigenvalue weighted by Gasteiger charge is 2.26. The Balaban J connectivity index is 0.00000220. The van der Waals surface area contributed by atoms with Crippen molar-refractivity contribution in [2.24, 2.45) is 5.92 Å². The van der Waals surface area contributed by atoms with Gasteiger partial charge in [0.25, 0.3) is 0 Å². The molecule has 0 saturated carbocycles. The predicted molar refractivity (Wildman–Crippen MR) is 115 cm³/mol. The van der Waals surface area contributed by atoms with E-state index in [2.05, 4.69) is 75.3 Å². The second-order valence-corrected chi connectivity index (χ2v) is 8.16. The molecule has 1 heterocycles. The van der Waals surface area contributed by atoms with Gasteiger partial charge in [-0.15, -0.1) is 24.8 Å². The zero-order valence-corrected chi connectivity index (χ0v) is 18.8. The second-order valence-electron chi connectivity index (χ2n) is 5.76. The summed E-state index contributed by atoms with van der Waals surface area (Å²) in [6.07, 6.45) is 1.09. The Morgan fingerprint density at radius 2 is 1.77 bits per heavy atom. The van der Waals surface area contributed by atoms with Crippen molar-refractivity contribution >= 4 is 70.0 Å². The number of hydrogen-bond acceptors (Lipinski definition) is 3. The topological polar surface area (TPSA) is 35.5 Å². The molecule has 0 aromatic heterocycles. The van der Waals surface area contributed by atoms with Gasteiger partial charge in [0, 0.05) is 41.4 Å². The number of nitrogens with one attached hydrogen (secondary N) is 1. The maximum Gasteiger partial charge on any atom is 0.133 e. The van der Waals surface area contributed by atoms with E-state index >= 15 is 0 Å². The highest BCUT2D eigenvalue weighted by Crippen LogP contribution is 2.37. The molecule has 0 spiro atoms.